The Bertz CT molecular complexity index is 357. The molecule has 0 aromatic heterocycles. The number of hydrogen-bond donors (Lipinski definition) is 2. The Morgan fingerprint density at radius 2 is 2.12 bits per heavy atom. The van der Waals surface area contributed by atoms with Gasteiger partial charge in [0.25, 0.3) is 0 Å². The summed E-state index contributed by atoms with van der Waals surface area (Å²) in [4.78, 5) is 0. The van der Waals surface area contributed by atoms with Gasteiger partial charge in [0, 0.05) is 6.04 Å². The van der Waals surface area contributed by atoms with Gasteiger partial charge in [-0.25, -0.2) is 0 Å². The number of benzene rings is 1. The van der Waals surface area contributed by atoms with Crippen LogP contribution in [-0.2, 0) is 6.42 Å². The molecule has 4 N–H and O–H groups in total. The van der Waals surface area contributed by atoms with E-state index in [-0.39, 0.29) is 23.6 Å². The van der Waals surface area contributed by atoms with Crippen molar-refractivity contribution in [3.05, 3.63) is 23.3 Å². The van der Waals surface area contributed by atoms with Crippen molar-refractivity contribution < 1.29 is 15.3 Å². The fraction of sp³-hybridized carbons (Fsp3) is 0.455. The third-order valence-corrected chi connectivity index (χ3v) is 2.75. The number of rotatable bonds is 1. The van der Waals surface area contributed by atoms with Gasteiger partial charge in [0.2, 0.25) is 0 Å². The zero-order valence-electron chi connectivity index (χ0n) is 9.41. The molecule has 16 heavy (non-hydrogen) atoms. The second-order valence-corrected chi connectivity index (χ2v) is 3.65. The average molecular weight is 248 g/mol. The van der Waals surface area contributed by atoms with Crippen molar-refractivity contribution in [3.63, 3.8) is 0 Å². The molecule has 92 valence electrons. The van der Waals surface area contributed by atoms with Gasteiger partial charge in [-0.1, -0.05) is 0 Å². The van der Waals surface area contributed by atoms with Gasteiger partial charge in [-0.05, 0) is 43.1 Å². The number of methoxy groups -OCH3 is 1. The summed E-state index contributed by atoms with van der Waals surface area (Å²) in [7, 11) is 1.57. The van der Waals surface area contributed by atoms with Crippen LogP contribution in [0, 0.1) is 0 Å². The Morgan fingerprint density at radius 3 is 2.75 bits per heavy atom. The van der Waals surface area contributed by atoms with E-state index in [0.29, 0.717) is 11.8 Å². The number of ether oxygens (including phenoxy) is 1. The number of hydrogen-bond acceptors (Lipinski definition) is 3. The minimum Gasteiger partial charge on any atom is -0.504 e. The largest absolute Gasteiger partial charge is 0.504 e. The van der Waals surface area contributed by atoms with Crippen LogP contribution in [0.25, 0.3) is 0 Å². The lowest BCUT2D eigenvalue weighted by Crippen LogP contribution is -2.27. The summed E-state index contributed by atoms with van der Waals surface area (Å²) in [5.74, 6) is 0.791. The minimum absolute atomic E-state index is 0. The SMILES string of the molecule is COc1cc2c(cc1O)CCNC2C.Cl.O. The molecule has 1 aliphatic rings. The van der Waals surface area contributed by atoms with E-state index in [1.807, 2.05) is 12.1 Å². The van der Waals surface area contributed by atoms with E-state index in [1.54, 1.807) is 7.11 Å². The molecule has 0 aliphatic carbocycles. The van der Waals surface area contributed by atoms with Crippen LogP contribution < -0.4 is 10.1 Å². The minimum atomic E-state index is 0. The van der Waals surface area contributed by atoms with Crippen molar-refractivity contribution in [1.29, 1.82) is 0 Å². The molecule has 0 spiro atoms. The van der Waals surface area contributed by atoms with E-state index in [4.69, 9.17) is 4.74 Å². The Morgan fingerprint density at radius 1 is 1.44 bits per heavy atom. The van der Waals surface area contributed by atoms with Crippen LogP contribution in [0.2, 0.25) is 0 Å². The van der Waals surface area contributed by atoms with Crippen molar-refractivity contribution in [2.75, 3.05) is 13.7 Å². The van der Waals surface area contributed by atoms with Crippen LogP contribution in [0.15, 0.2) is 12.1 Å². The molecule has 0 radical (unpaired) electrons. The highest BCUT2D eigenvalue weighted by Gasteiger charge is 2.18. The number of fused-ring (bicyclic) bond motifs is 1. The topological polar surface area (TPSA) is 73.0 Å². The van der Waals surface area contributed by atoms with Crippen LogP contribution in [0.1, 0.15) is 24.1 Å². The molecule has 1 atom stereocenters. The lowest BCUT2D eigenvalue weighted by molar-refractivity contribution is 0.370. The van der Waals surface area contributed by atoms with E-state index in [9.17, 15) is 5.11 Å². The summed E-state index contributed by atoms with van der Waals surface area (Å²) in [5.41, 5.74) is 2.44. The van der Waals surface area contributed by atoms with Crippen molar-refractivity contribution in [2.24, 2.45) is 0 Å². The predicted octanol–water partition coefficient (Wildman–Crippen LogP) is 1.20. The van der Waals surface area contributed by atoms with E-state index >= 15 is 0 Å². The van der Waals surface area contributed by atoms with Crippen molar-refractivity contribution >= 4 is 12.4 Å². The highest BCUT2D eigenvalue weighted by molar-refractivity contribution is 5.85. The van der Waals surface area contributed by atoms with Crippen LogP contribution in [-0.4, -0.2) is 24.2 Å². The molecule has 5 heteroatoms. The first-order valence-corrected chi connectivity index (χ1v) is 4.85. The van der Waals surface area contributed by atoms with E-state index in [0.717, 1.165) is 13.0 Å². The molecule has 1 aliphatic heterocycles. The standard InChI is InChI=1S/C11H15NO2.ClH.H2O/c1-7-9-6-11(14-2)10(13)5-8(9)3-4-12-7;;/h5-7,12-13H,3-4H2,1-2H3;1H;1H2. The summed E-state index contributed by atoms with van der Waals surface area (Å²) in [6.45, 7) is 3.09. The molecular weight excluding hydrogens is 230 g/mol. The second kappa shape index (κ2) is 5.94. The average Bonchev–Trinajstić information content (AvgIpc) is 2.17. The lowest BCUT2D eigenvalue weighted by atomic mass is 9.95. The summed E-state index contributed by atoms with van der Waals surface area (Å²) in [6.07, 6.45) is 0.969. The van der Waals surface area contributed by atoms with Crippen LogP contribution in [0.5, 0.6) is 11.5 Å². The van der Waals surface area contributed by atoms with Crippen molar-refractivity contribution in [3.8, 4) is 11.5 Å². The first-order valence-electron chi connectivity index (χ1n) is 4.85. The van der Waals surface area contributed by atoms with Crippen LogP contribution in [0.3, 0.4) is 0 Å². The first-order chi connectivity index (χ1) is 6.72. The summed E-state index contributed by atoms with van der Waals surface area (Å²) in [5, 5.41) is 13.0. The molecule has 0 saturated heterocycles. The fourth-order valence-electron chi connectivity index (χ4n) is 1.94. The number of phenolic OH excluding ortho intramolecular Hbond substituents is 1. The summed E-state index contributed by atoms with van der Waals surface area (Å²) < 4.78 is 5.08. The Labute approximate surface area is 101 Å². The van der Waals surface area contributed by atoms with Crippen molar-refractivity contribution in [1.82, 2.24) is 5.32 Å². The lowest BCUT2D eigenvalue weighted by Gasteiger charge is -2.24. The zero-order chi connectivity index (χ0) is 10.1. The highest BCUT2D eigenvalue weighted by Crippen LogP contribution is 2.33. The van der Waals surface area contributed by atoms with Gasteiger partial charge in [0.15, 0.2) is 11.5 Å². The summed E-state index contributed by atoms with van der Waals surface area (Å²) in [6, 6.07) is 4.07. The third-order valence-electron chi connectivity index (χ3n) is 2.75. The van der Waals surface area contributed by atoms with Crippen LogP contribution >= 0.6 is 12.4 Å². The molecule has 1 aromatic carbocycles. The molecule has 0 bridgehead atoms. The van der Waals surface area contributed by atoms with E-state index in [2.05, 4.69) is 12.2 Å². The van der Waals surface area contributed by atoms with E-state index < -0.39 is 0 Å². The van der Waals surface area contributed by atoms with Gasteiger partial charge in [-0.15, -0.1) is 12.4 Å². The molecule has 4 nitrogen and oxygen atoms in total. The maximum atomic E-state index is 9.61. The fourth-order valence-corrected chi connectivity index (χ4v) is 1.94. The Kier molecular flexibility index (Phi) is 5.58. The van der Waals surface area contributed by atoms with Gasteiger partial charge in [0.1, 0.15) is 0 Å². The second-order valence-electron chi connectivity index (χ2n) is 3.65. The van der Waals surface area contributed by atoms with Gasteiger partial charge >= 0.3 is 0 Å². The first kappa shape index (κ1) is 15.0. The molecule has 1 heterocycles. The molecule has 2 rings (SSSR count). The van der Waals surface area contributed by atoms with E-state index in [1.165, 1.54) is 11.1 Å². The maximum Gasteiger partial charge on any atom is 0.160 e. The maximum absolute atomic E-state index is 9.61. The molecule has 0 saturated carbocycles. The predicted molar refractivity (Wildman–Crippen MR) is 65.6 cm³/mol. The molecule has 0 fully saturated rings. The molecule has 1 aromatic rings. The smallest absolute Gasteiger partial charge is 0.160 e. The van der Waals surface area contributed by atoms with Gasteiger partial charge < -0.3 is 20.6 Å². The molecular formula is C11H18ClNO3. The third kappa shape index (κ3) is 2.58. The number of halogens is 1. The normalized spacial score (nSPS) is 17.8. The zero-order valence-corrected chi connectivity index (χ0v) is 10.2. The Hall–Kier alpha value is -0.970. The molecule has 1 unspecified atom stereocenters. The number of phenols is 1. The molecule has 0 amide bonds. The Balaban J connectivity index is 0.00000112. The highest BCUT2D eigenvalue weighted by atomic mass is 35.5. The van der Waals surface area contributed by atoms with Crippen molar-refractivity contribution in [2.45, 2.75) is 19.4 Å². The monoisotopic (exact) mass is 247 g/mol. The number of nitrogens with one attached hydrogen (secondary N) is 1. The quantitative estimate of drug-likeness (QED) is 0.783. The van der Waals surface area contributed by atoms with Gasteiger partial charge in [-0.2, -0.15) is 0 Å². The summed E-state index contributed by atoms with van der Waals surface area (Å²) >= 11 is 0. The van der Waals surface area contributed by atoms with Gasteiger partial charge in [-0.3, -0.25) is 0 Å². The van der Waals surface area contributed by atoms with Crippen LogP contribution in [0.4, 0.5) is 0 Å². The number of aromatic hydroxyl groups is 1. The van der Waals surface area contributed by atoms with Gasteiger partial charge in [0.05, 0.1) is 7.11 Å².